The van der Waals surface area contributed by atoms with Crippen LogP contribution in [-0.2, 0) is 0 Å². The lowest BCUT2D eigenvalue weighted by Gasteiger charge is -2.08. The van der Waals surface area contributed by atoms with Gasteiger partial charge in [0.1, 0.15) is 23.9 Å². The maximum Gasteiger partial charge on any atom is 0.251 e. The summed E-state index contributed by atoms with van der Waals surface area (Å²) in [6.07, 6.45) is 0. The molecule has 0 aliphatic rings. The summed E-state index contributed by atoms with van der Waals surface area (Å²) in [5.41, 5.74) is 2.53. The van der Waals surface area contributed by atoms with Crippen molar-refractivity contribution in [2.75, 3.05) is 12.4 Å². The number of carbonyl (C=O) groups is 1. The molecular weight excluding hydrogens is 314 g/mol. The first-order valence-corrected chi connectivity index (χ1v) is 7.27. The Labute approximate surface area is 145 Å². The molecule has 2 N–H and O–H groups in total. The molecule has 0 aliphatic heterocycles. The fraction of sp³-hybridized carbons (Fsp3) is 0.0526. The molecule has 0 heterocycles. The third kappa shape index (κ3) is 4.01. The molecule has 0 aromatic heterocycles. The van der Waals surface area contributed by atoms with Crippen molar-refractivity contribution < 1.29 is 4.79 Å². The van der Waals surface area contributed by atoms with Crippen LogP contribution in [0.5, 0.6) is 0 Å². The summed E-state index contributed by atoms with van der Waals surface area (Å²) in [6, 6.07) is 19.5. The lowest BCUT2D eigenvalue weighted by Crippen LogP contribution is -2.17. The number of hydrogen-bond donors (Lipinski definition) is 2. The number of carbonyl (C=O) groups excluding carboxylic acids is 1. The SMILES string of the molecule is CNC(=O)c1cccc(-c2ccc(NC(C#N)=C(C#N)C#N)cc2)c1. The monoisotopic (exact) mass is 327 g/mol. The van der Waals surface area contributed by atoms with Gasteiger partial charge in [-0.3, -0.25) is 4.79 Å². The van der Waals surface area contributed by atoms with E-state index in [0.717, 1.165) is 11.1 Å². The van der Waals surface area contributed by atoms with E-state index in [1.54, 1.807) is 55.6 Å². The lowest BCUT2D eigenvalue weighted by molar-refractivity contribution is 0.0963. The molecule has 120 valence electrons. The van der Waals surface area contributed by atoms with E-state index >= 15 is 0 Å². The number of benzene rings is 2. The van der Waals surface area contributed by atoms with Crippen LogP contribution in [0.4, 0.5) is 5.69 Å². The number of allylic oxidation sites excluding steroid dienone is 2. The first-order chi connectivity index (χ1) is 12.1. The highest BCUT2D eigenvalue weighted by molar-refractivity contribution is 5.95. The fourth-order valence-corrected chi connectivity index (χ4v) is 2.16. The molecule has 0 radical (unpaired) electrons. The van der Waals surface area contributed by atoms with Crippen LogP contribution < -0.4 is 10.6 Å². The quantitative estimate of drug-likeness (QED) is 0.838. The molecule has 0 fully saturated rings. The highest BCUT2D eigenvalue weighted by atomic mass is 16.1. The molecule has 0 saturated carbocycles. The molecule has 0 bridgehead atoms. The number of rotatable bonds is 4. The molecule has 2 aromatic rings. The zero-order valence-corrected chi connectivity index (χ0v) is 13.4. The van der Waals surface area contributed by atoms with E-state index in [2.05, 4.69) is 10.6 Å². The van der Waals surface area contributed by atoms with Gasteiger partial charge < -0.3 is 10.6 Å². The van der Waals surface area contributed by atoms with E-state index in [9.17, 15) is 4.79 Å². The predicted octanol–water partition coefficient (Wildman–Crippen LogP) is 2.95. The van der Waals surface area contributed by atoms with E-state index in [-0.39, 0.29) is 17.2 Å². The van der Waals surface area contributed by atoms with Gasteiger partial charge >= 0.3 is 0 Å². The average molecular weight is 327 g/mol. The molecule has 25 heavy (non-hydrogen) atoms. The fourth-order valence-electron chi connectivity index (χ4n) is 2.16. The summed E-state index contributed by atoms with van der Waals surface area (Å²) >= 11 is 0. The molecule has 6 heteroatoms. The molecule has 2 aromatic carbocycles. The maximum atomic E-state index is 11.7. The van der Waals surface area contributed by atoms with Crippen molar-refractivity contribution in [2.24, 2.45) is 0 Å². The van der Waals surface area contributed by atoms with Gasteiger partial charge in [-0.1, -0.05) is 24.3 Å². The van der Waals surface area contributed by atoms with Crippen LogP contribution in [-0.4, -0.2) is 13.0 Å². The largest absolute Gasteiger partial charge is 0.355 e. The molecule has 0 saturated heterocycles. The van der Waals surface area contributed by atoms with E-state index in [1.165, 1.54) is 0 Å². The molecular formula is C19H13N5O. The zero-order valence-electron chi connectivity index (χ0n) is 13.4. The van der Waals surface area contributed by atoms with Gasteiger partial charge in [0, 0.05) is 18.3 Å². The summed E-state index contributed by atoms with van der Waals surface area (Å²) in [5, 5.41) is 32.1. The van der Waals surface area contributed by atoms with Gasteiger partial charge in [0.25, 0.3) is 5.91 Å². The smallest absolute Gasteiger partial charge is 0.251 e. The Morgan fingerprint density at radius 2 is 1.60 bits per heavy atom. The summed E-state index contributed by atoms with van der Waals surface area (Å²) in [5.74, 6) is -0.163. The topological polar surface area (TPSA) is 112 Å². The molecule has 2 rings (SSSR count). The molecule has 6 nitrogen and oxygen atoms in total. The van der Waals surface area contributed by atoms with Crippen LogP contribution in [0.1, 0.15) is 10.4 Å². The Bertz CT molecular complexity index is 937. The van der Waals surface area contributed by atoms with Crippen LogP contribution in [0, 0.1) is 34.0 Å². The van der Waals surface area contributed by atoms with Crippen LogP contribution in [0.15, 0.2) is 59.8 Å². The summed E-state index contributed by atoms with van der Waals surface area (Å²) in [7, 11) is 1.58. The molecule has 0 atom stereocenters. The predicted molar refractivity (Wildman–Crippen MR) is 92.8 cm³/mol. The maximum absolute atomic E-state index is 11.7. The van der Waals surface area contributed by atoms with Gasteiger partial charge in [-0.25, -0.2) is 0 Å². The van der Waals surface area contributed by atoms with Crippen molar-refractivity contribution in [1.29, 1.82) is 15.8 Å². The van der Waals surface area contributed by atoms with Gasteiger partial charge in [0.15, 0.2) is 5.57 Å². The number of nitriles is 3. The molecule has 0 spiro atoms. The minimum absolute atomic E-state index is 0.0978. The van der Waals surface area contributed by atoms with Gasteiger partial charge in [-0.2, -0.15) is 15.8 Å². The first kappa shape index (κ1) is 17.3. The van der Waals surface area contributed by atoms with E-state index in [1.807, 2.05) is 18.2 Å². The Morgan fingerprint density at radius 3 is 2.16 bits per heavy atom. The number of nitrogens with one attached hydrogen (secondary N) is 2. The van der Waals surface area contributed by atoms with Gasteiger partial charge in [-0.15, -0.1) is 0 Å². The highest BCUT2D eigenvalue weighted by Crippen LogP contribution is 2.23. The zero-order chi connectivity index (χ0) is 18.2. The summed E-state index contributed by atoms with van der Waals surface area (Å²) in [6.45, 7) is 0. The minimum Gasteiger partial charge on any atom is -0.355 e. The summed E-state index contributed by atoms with van der Waals surface area (Å²) < 4.78 is 0. The Balaban J connectivity index is 2.28. The summed E-state index contributed by atoms with van der Waals surface area (Å²) in [4.78, 5) is 11.7. The van der Waals surface area contributed by atoms with Crippen LogP contribution in [0.25, 0.3) is 11.1 Å². The Morgan fingerprint density at radius 1 is 0.920 bits per heavy atom. The third-order valence-corrected chi connectivity index (χ3v) is 3.42. The third-order valence-electron chi connectivity index (χ3n) is 3.42. The van der Waals surface area contributed by atoms with Gasteiger partial charge in [0.2, 0.25) is 0 Å². The Hall–Kier alpha value is -4.08. The van der Waals surface area contributed by atoms with E-state index in [0.29, 0.717) is 11.3 Å². The normalized spacial score (nSPS) is 9.04. The average Bonchev–Trinajstić information content (AvgIpc) is 2.68. The molecule has 0 aliphatic carbocycles. The molecule has 1 amide bonds. The van der Waals surface area contributed by atoms with Crippen LogP contribution in [0.2, 0.25) is 0 Å². The van der Waals surface area contributed by atoms with Gasteiger partial charge in [0.05, 0.1) is 0 Å². The second-order valence-corrected chi connectivity index (χ2v) is 4.95. The standard InChI is InChI=1S/C19H13N5O/c1-23-19(25)15-4-2-3-14(9-15)13-5-7-17(8-6-13)24-18(12-22)16(10-20)11-21/h2-9,24H,1H3,(H,23,25). The van der Waals surface area contributed by atoms with Crippen LogP contribution in [0.3, 0.4) is 0 Å². The lowest BCUT2D eigenvalue weighted by atomic mass is 10.0. The molecule has 0 unspecified atom stereocenters. The number of nitrogens with zero attached hydrogens (tertiary/aromatic N) is 3. The highest BCUT2D eigenvalue weighted by Gasteiger charge is 2.07. The Kier molecular flexibility index (Phi) is 5.50. The van der Waals surface area contributed by atoms with Crippen molar-refractivity contribution in [2.45, 2.75) is 0 Å². The van der Waals surface area contributed by atoms with Crippen molar-refractivity contribution in [3.05, 3.63) is 65.4 Å². The second kappa shape index (κ2) is 7.97. The number of anilines is 1. The van der Waals surface area contributed by atoms with Gasteiger partial charge in [-0.05, 0) is 35.4 Å². The second-order valence-electron chi connectivity index (χ2n) is 4.95. The van der Waals surface area contributed by atoms with Crippen molar-refractivity contribution >= 4 is 11.6 Å². The number of amides is 1. The van der Waals surface area contributed by atoms with E-state index in [4.69, 9.17) is 15.8 Å². The van der Waals surface area contributed by atoms with Crippen molar-refractivity contribution in [3.8, 4) is 29.3 Å². The van der Waals surface area contributed by atoms with Crippen LogP contribution >= 0.6 is 0 Å². The number of hydrogen-bond acceptors (Lipinski definition) is 5. The van der Waals surface area contributed by atoms with E-state index < -0.39 is 0 Å². The first-order valence-electron chi connectivity index (χ1n) is 7.27. The minimum atomic E-state index is -0.273. The van der Waals surface area contributed by atoms with Crippen molar-refractivity contribution in [3.63, 3.8) is 0 Å². The van der Waals surface area contributed by atoms with Crippen molar-refractivity contribution in [1.82, 2.24) is 5.32 Å².